The smallest absolute Gasteiger partial charge is 0.245 e. The second-order valence-corrected chi connectivity index (χ2v) is 11.1. The molecule has 1 aliphatic carbocycles. The summed E-state index contributed by atoms with van der Waals surface area (Å²) in [6.45, 7) is 3.46. The average molecular weight is 562 g/mol. The summed E-state index contributed by atoms with van der Waals surface area (Å²) >= 11 is 7.40. The van der Waals surface area contributed by atoms with Crippen LogP contribution in [0.1, 0.15) is 37.8 Å². The number of hydrogen-bond donors (Lipinski definition) is 1. The van der Waals surface area contributed by atoms with E-state index >= 15 is 0 Å². The number of anilines is 2. The molecule has 0 bridgehead atoms. The molecule has 1 aliphatic heterocycles. The molecular weight excluding hydrogens is 526 g/mol. The number of benzene rings is 1. The van der Waals surface area contributed by atoms with Crippen LogP contribution < -0.4 is 10.2 Å². The predicted octanol–water partition coefficient (Wildman–Crippen LogP) is 3.68. The van der Waals surface area contributed by atoms with E-state index in [1.54, 1.807) is 17.4 Å². The molecule has 0 unspecified atom stereocenters. The number of nitrogens with one attached hydrogen (secondary N) is 1. The summed E-state index contributed by atoms with van der Waals surface area (Å²) in [5.74, 6) is -0.270. The molecule has 9 nitrogen and oxygen atoms in total. The van der Waals surface area contributed by atoms with Gasteiger partial charge in [-0.3, -0.25) is 14.4 Å². The van der Waals surface area contributed by atoms with Crippen molar-refractivity contribution in [2.45, 2.75) is 38.5 Å². The summed E-state index contributed by atoms with van der Waals surface area (Å²) in [6, 6.07) is 7.74. The van der Waals surface area contributed by atoms with Gasteiger partial charge in [-0.15, -0.1) is 11.3 Å². The Morgan fingerprint density at radius 2 is 1.92 bits per heavy atom. The van der Waals surface area contributed by atoms with Crippen LogP contribution in [0.4, 0.5) is 10.8 Å². The van der Waals surface area contributed by atoms with E-state index < -0.39 is 0 Å². The molecule has 2 heterocycles. The molecule has 2 aromatic rings. The Labute approximate surface area is 233 Å². The lowest BCUT2D eigenvalue weighted by molar-refractivity contribution is -0.140. The summed E-state index contributed by atoms with van der Waals surface area (Å²) < 4.78 is 5.15. The zero-order valence-corrected chi connectivity index (χ0v) is 23.4. The Balaban J connectivity index is 1.25. The van der Waals surface area contributed by atoms with E-state index in [9.17, 15) is 14.4 Å². The number of methoxy groups -OCH3 is 1. The molecule has 0 atom stereocenters. The fourth-order valence-electron chi connectivity index (χ4n) is 5.01. The van der Waals surface area contributed by atoms with Crippen LogP contribution in [0.2, 0.25) is 5.02 Å². The van der Waals surface area contributed by atoms with Gasteiger partial charge in [-0.2, -0.15) is 0 Å². The van der Waals surface area contributed by atoms with Crippen molar-refractivity contribution in [3.8, 4) is 0 Å². The number of thiazole rings is 1. The van der Waals surface area contributed by atoms with Crippen LogP contribution in [-0.4, -0.2) is 85.5 Å². The number of amides is 3. The van der Waals surface area contributed by atoms with Crippen molar-refractivity contribution in [3.63, 3.8) is 0 Å². The highest BCUT2D eigenvalue weighted by Gasteiger charge is 2.27. The molecular formula is C27H36ClN5O4S. The van der Waals surface area contributed by atoms with Gasteiger partial charge in [0.1, 0.15) is 6.54 Å². The summed E-state index contributed by atoms with van der Waals surface area (Å²) in [7, 11) is 1.58. The fraction of sp³-hybridized carbons (Fsp3) is 0.556. The number of aromatic nitrogens is 1. The number of carbonyl (C=O) groups excluding carboxylic acids is 3. The highest BCUT2D eigenvalue weighted by Crippen LogP contribution is 2.26. The number of halogens is 1. The molecule has 1 N–H and O–H groups in total. The van der Waals surface area contributed by atoms with E-state index in [1.165, 1.54) is 11.3 Å². The number of ether oxygens (including phenoxy) is 1. The normalized spacial score (nSPS) is 16.4. The molecule has 1 aromatic carbocycles. The van der Waals surface area contributed by atoms with Crippen molar-refractivity contribution < 1.29 is 19.1 Å². The van der Waals surface area contributed by atoms with Gasteiger partial charge in [-0.05, 0) is 31.0 Å². The van der Waals surface area contributed by atoms with Gasteiger partial charge in [0.25, 0.3) is 0 Å². The van der Waals surface area contributed by atoms with Gasteiger partial charge in [0.05, 0.1) is 18.7 Å². The van der Waals surface area contributed by atoms with Gasteiger partial charge in [-0.25, -0.2) is 4.98 Å². The third-order valence-electron chi connectivity index (χ3n) is 7.10. The van der Waals surface area contributed by atoms with Crippen LogP contribution in [0.5, 0.6) is 0 Å². The lowest BCUT2D eigenvalue weighted by atomic mass is 9.88. The van der Waals surface area contributed by atoms with Crippen molar-refractivity contribution in [3.05, 3.63) is 40.4 Å². The Kier molecular flexibility index (Phi) is 10.4. The van der Waals surface area contributed by atoms with Gasteiger partial charge < -0.3 is 24.8 Å². The lowest BCUT2D eigenvalue weighted by Crippen LogP contribution is -2.49. The number of rotatable bonds is 10. The van der Waals surface area contributed by atoms with E-state index in [0.717, 1.165) is 50.9 Å². The molecule has 0 spiro atoms. The van der Waals surface area contributed by atoms with Gasteiger partial charge in [0.15, 0.2) is 5.13 Å². The first-order valence-corrected chi connectivity index (χ1v) is 14.5. The zero-order valence-electron chi connectivity index (χ0n) is 21.9. The first-order valence-electron chi connectivity index (χ1n) is 13.2. The quantitative estimate of drug-likeness (QED) is 0.475. The van der Waals surface area contributed by atoms with Crippen molar-refractivity contribution in [1.29, 1.82) is 0 Å². The highest BCUT2D eigenvalue weighted by atomic mass is 35.5. The largest absolute Gasteiger partial charge is 0.383 e. The van der Waals surface area contributed by atoms with Crippen molar-refractivity contribution in [2.24, 2.45) is 5.92 Å². The average Bonchev–Trinajstić information content (AvgIpc) is 3.37. The molecule has 1 aromatic heterocycles. The number of nitrogens with zero attached hydrogens (tertiary/aromatic N) is 4. The number of hydrogen-bond acceptors (Lipinski definition) is 7. The Morgan fingerprint density at radius 1 is 1.16 bits per heavy atom. The first kappa shape index (κ1) is 28.3. The molecule has 38 heavy (non-hydrogen) atoms. The Morgan fingerprint density at radius 3 is 2.63 bits per heavy atom. The molecule has 2 aliphatic rings. The van der Waals surface area contributed by atoms with Crippen LogP contribution in [0.25, 0.3) is 0 Å². The second-order valence-electron chi connectivity index (χ2n) is 9.80. The van der Waals surface area contributed by atoms with Gasteiger partial charge >= 0.3 is 0 Å². The van der Waals surface area contributed by atoms with Crippen LogP contribution in [0, 0.1) is 5.92 Å². The van der Waals surface area contributed by atoms with Crippen molar-refractivity contribution >= 4 is 51.5 Å². The van der Waals surface area contributed by atoms with Crippen molar-refractivity contribution in [1.82, 2.24) is 14.8 Å². The van der Waals surface area contributed by atoms with E-state index in [0.29, 0.717) is 42.1 Å². The van der Waals surface area contributed by atoms with E-state index in [1.807, 2.05) is 29.2 Å². The summed E-state index contributed by atoms with van der Waals surface area (Å²) in [5, 5.41) is 5.73. The van der Waals surface area contributed by atoms with Crippen LogP contribution in [-0.2, 0) is 25.5 Å². The topological polar surface area (TPSA) is 95.1 Å². The summed E-state index contributed by atoms with van der Waals surface area (Å²) in [5.41, 5.74) is 1.69. The molecule has 1 saturated heterocycles. The molecule has 11 heteroatoms. The Bertz CT molecular complexity index is 1100. The van der Waals surface area contributed by atoms with E-state index in [-0.39, 0.29) is 36.6 Å². The molecule has 4 rings (SSSR count). The van der Waals surface area contributed by atoms with E-state index in [4.69, 9.17) is 16.3 Å². The maximum atomic E-state index is 13.0. The van der Waals surface area contributed by atoms with Crippen LogP contribution in [0.15, 0.2) is 29.6 Å². The first-order chi connectivity index (χ1) is 18.4. The lowest BCUT2D eigenvalue weighted by Gasteiger charge is -2.36. The third-order valence-corrected chi connectivity index (χ3v) is 8.14. The van der Waals surface area contributed by atoms with Gasteiger partial charge in [-0.1, -0.05) is 36.9 Å². The van der Waals surface area contributed by atoms with Gasteiger partial charge in [0, 0.05) is 61.8 Å². The zero-order chi connectivity index (χ0) is 26.9. The van der Waals surface area contributed by atoms with Crippen molar-refractivity contribution in [2.75, 3.05) is 63.2 Å². The Hall–Kier alpha value is -2.69. The monoisotopic (exact) mass is 561 g/mol. The minimum Gasteiger partial charge on any atom is -0.383 e. The molecule has 2 fully saturated rings. The summed E-state index contributed by atoms with van der Waals surface area (Å²) in [4.78, 5) is 48.8. The molecule has 0 radical (unpaired) electrons. The van der Waals surface area contributed by atoms with E-state index in [2.05, 4.69) is 15.2 Å². The fourth-order valence-corrected chi connectivity index (χ4v) is 5.92. The van der Waals surface area contributed by atoms with Crippen LogP contribution >= 0.6 is 22.9 Å². The molecule has 206 valence electrons. The minimum atomic E-state index is -0.297. The summed E-state index contributed by atoms with van der Waals surface area (Å²) in [6.07, 6.45) is 5.21. The maximum absolute atomic E-state index is 13.0. The number of carbonyl (C=O) groups is 3. The standard InChI is InChI=1S/C27H36ClN5O4S/c1-37-15-14-33(26(36)20-6-3-2-4-7-20)18-24(34)30-27-29-22(19-38-27)17-25(35)32-12-10-31(11-13-32)23-9-5-8-21(28)16-23/h5,8-9,16,19-20H,2-4,6-7,10-15,17-18H2,1H3,(H,29,30,34). The molecule has 1 saturated carbocycles. The van der Waals surface area contributed by atoms with Gasteiger partial charge in [0.2, 0.25) is 17.7 Å². The predicted molar refractivity (Wildman–Crippen MR) is 150 cm³/mol. The third kappa shape index (κ3) is 7.91. The maximum Gasteiger partial charge on any atom is 0.245 e. The second kappa shape index (κ2) is 13.9. The molecule has 3 amide bonds. The SMILES string of the molecule is COCCN(CC(=O)Nc1nc(CC(=O)N2CCN(c3cccc(Cl)c3)CC2)cs1)C(=O)C1CCCCC1. The number of piperazine rings is 1. The highest BCUT2D eigenvalue weighted by molar-refractivity contribution is 7.13. The van der Waals surface area contributed by atoms with Crippen LogP contribution in [0.3, 0.4) is 0 Å². The minimum absolute atomic E-state index is 0.0155.